The topological polar surface area (TPSA) is 0 Å². The van der Waals surface area contributed by atoms with Crippen molar-refractivity contribution in [1.29, 1.82) is 0 Å². The van der Waals surface area contributed by atoms with Crippen molar-refractivity contribution < 1.29 is 0 Å². The van der Waals surface area contributed by atoms with E-state index in [1.165, 1.54) is 44.0 Å². The molecule has 0 spiro atoms. The van der Waals surface area contributed by atoms with Gasteiger partial charge in [-0.2, -0.15) is 0 Å². The van der Waals surface area contributed by atoms with E-state index in [1.807, 2.05) is 0 Å². The van der Waals surface area contributed by atoms with Gasteiger partial charge in [-0.1, -0.05) is 55.9 Å². The van der Waals surface area contributed by atoms with Crippen molar-refractivity contribution in [1.82, 2.24) is 0 Å². The third-order valence-corrected chi connectivity index (χ3v) is 2.41. The van der Waals surface area contributed by atoms with Crippen LogP contribution < -0.4 is 0 Å². The molecule has 0 N–H and O–H groups in total. The quantitative estimate of drug-likeness (QED) is 0.459. The first-order chi connectivity index (χ1) is 6.43. The fourth-order valence-corrected chi connectivity index (χ4v) is 1.58. The van der Waals surface area contributed by atoms with E-state index in [0.717, 1.165) is 0 Å². The Hall–Kier alpha value is -0.715. The van der Waals surface area contributed by atoms with Crippen LogP contribution in [-0.4, -0.2) is 7.85 Å². The van der Waals surface area contributed by atoms with E-state index < -0.39 is 0 Å². The molecule has 0 aliphatic carbocycles. The van der Waals surface area contributed by atoms with Gasteiger partial charge in [0, 0.05) is 0 Å². The van der Waals surface area contributed by atoms with Gasteiger partial charge in [-0.15, -0.1) is 0 Å². The first-order valence-electron chi connectivity index (χ1n) is 5.47. The van der Waals surface area contributed by atoms with Crippen molar-refractivity contribution >= 4 is 7.85 Å². The van der Waals surface area contributed by atoms with Crippen LogP contribution in [0.3, 0.4) is 0 Å². The first kappa shape index (κ1) is 10.4. The Morgan fingerprint density at radius 2 is 1.54 bits per heavy atom. The molecule has 1 aromatic carbocycles. The molecule has 0 aliphatic heterocycles. The summed E-state index contributed by atoms with van der Waals surface area (Å²) >= 11 is 0. The molecule has 0 nitrogen and oxygen atoms in total. The summed E-state index contributed by atoms with van der Waals surface area (Å²) in [7, 11) is 2.26. The molecular formula is C12H19B. The zero-order valence-electron chi connectivity index (χ0n) is 8.63. The van der Waals surface area contributed by atoms with Crippen molar-refractivity contribution in [2.45, 2.75) is 38.4 Å². The predicted molar refractivity (Wildman–Crippen MR) is 62.0 cm³/mol. The van der Waals surface area contributed by atoms with Crippen molar-refractivity contribution in [2.75, 3.05) is 0 Å². The summed E-state index contributed by atoms with van der Waals surface area (Å²) in [5.41, 5.74) is 1.49. The molecule has 70 valence electrons. The summed E-state index contributed by atoms with van der Waals surface area (Å²) in [4.78, 5) is 0. The summed E-state index contributed by atoms with van der Waals surface area (Å²) < 4.78 is 0. The molecule has 13 heavy (non-hydrogen) atoms. The van der Waals surface area contributed by atoms with E-state index in [9.17, 15) is 0 Å². The van der Waals surface area contributed by atoms with Crippen LogP contribution in [0.5, 0.6) is 0 Å². The minimum atomic E-state index is 1.25. The normalized spacial score (nSPS) is 10.2. The average Bonchev–Trinajstić information content (AvgIpc) is 2.19. The maximum atomic E-state index is 2.26. The van der Waals surface area contributed by atoms with E-state index in [0.29, 0.717) is 0 Å². The highest BCUT2D eigenvalue weighted by Crippen LogP contribution is 2.07. The van der Waals surface area contributed by atoms with Gasteiger partial charge in [0.1, 0.15) is 7.85 Å². The number of benzene rings is 1. The lowest BCUT2D eigenvalue weighted by atomic mass is 9.98. The summed E-state index contributed by atoms with van der Waals surface area (Å²) in [6, 6.07) is 10.8. The molecule has 0 heterocycles. The standard InChI is InChI=1S/C12H19B/c13-11-7-2-1-4-8-12-9-5-3-6-10-12/h3,5-6,9-10H,1-2,4,7-8,11,13H2. The first-order valence-corrected chi connectivity index (χ1v) is 5.47. The molecule has 0 atom stereocenters. The van der Waals surface area contributed by atoms with Crippen LogP contribution in [0.2, 0.25) is 6.32 Å². The fraction of sp³-hybridized carbons (Fsp3) is 0.500. The van der Waals surface area contributed by atoms with Crippen molar-refractivity contribution in [3.05, 3.63) is 35.9 Å². The van der Waals surface area contributed by atoms with Crippen LogP contribution in [0.1, 0.15) is 31.2 Å². The lowest BCUT2D eigenvalue weighted by molar-refractivity contribution is 0.666. The van der Waals surface area contributed by atoms with E-state index in [2.05, 4.69) is 38.2 Å². The van der Waals surface area contributed by atoms with Gasteiger partial charge in [0.15, 0.2) is 0 Å². The van der Waals surface area contributed by atoms with Gasteiger partial charge in [0.25, 0.3) is 0 Å². The molecule has 0 saturated heterocycles. The van der Waals surface area contributed by atoms with Crippen LogP contribution >= 0.6 is 0 Å². The van der Waals surface area contributed by atoms with Gasteiger partial charge in [0.05, 0.1) is 0 Å². The molecule has 0 radical (unpaired) electrons. The summed E-state index contributed by atoms with van der Waals surface area (Å²) in [6.45, 7) is 0. The van der Waals surface area contributed by atoms with E-state index >= 15 is 0 Å². The van der Waals surface area contributed by atoms with Crippen LogP contribution in [0.25, 0.3) is 0 Å². The van der Waals surface area contributed by atoms with Gasteiger partial charge >= 0.3 is 0 Å². The number of hydrogen-bond acceptors (Lipinski definition) is 0. The lowest BCUT2D eigenvalue weighted by Crippen LogP contribution is -1.85. The highest BCUT2D eigenvalue weighted by Gasteiger charge is 1.91. The molecule has 0 unspecified atom stereocenters. The Balaban J connectivity index is 2.07. The SMILES string of the molecule is BCCCCCCc1ccccc1. The summed E-state index contributed by atoms with van der Waals surface area (Å²) in [6.07, 6.45) is 8.14. The predicted octanol–water partition coefficient (Wildman–Crippen LogP) is 2.84. The highest BCUT2D eigenvalue weighted by molar-refractivity contribution is 6.08. The molecule has 0 bridgehead atoms. The Kier molecular flexibility index (Phi) is 5.39. The number of aryl methyl sites for hydroxylation is 1. The van der Waals surface area contributed by atoms with Crippen LogP contribution in [0.4, 0.5) is 0 Å². The van der Waals surface area contributed by atoms with Crippen LogP contribution in [-0.2, 0) is 6.42 Å². The van der Waals surface area contributed by atoms with Crippen LogP contribution in [0.15, 0.2) is 30.3 Å². The van der Waals surface area contributed by atoms with Crippen LogP contribution in [0, 0.1) is 0 Å². The smallest absolute Gasteiger partial charge is 0.0811 e. The molecule has 1 rings (SSSR count). The van der Waals surface area contributed by atoms with E-state index in [4.69, 9.17) is 0 Å². The second-order valence-corrected chi connectivity index (χ2v) is 3.65. The molecule has 1 heteroatoms. The number of hydrogen-bond donors (Lipinski definition) is 0. The number of unbranched alkanes of at least 4 members (excludes halogenated alkanes) is 3. The molecule has 0 fully saturated rings. The van der Waals surface area contributed by atoms with Gasteiger partial charge in [0.2, 0.25) is 0 Å². The second-order valence-electron chi connectivity index (χ2n) is 3.65. The fourth-order valence-electron chi connectivity index (χ4n) is 1.58. The van der Waals surface area contributed by atoms with Crippen molar-refractivity contribution in [2.24, 2.45) is 0 Å². The van der Waals surface area contributed by atoms with Crippen molar-refractivity contribution in [3.63, 3.8) is 0 Å². The average molecular weight is 174 g/mol. The van der Waals surface area contributed by atoms with Gasteiger partial charge in [-0.25, -0.2) is 0 Å². The van der Waals surface area contributed by atoms with Gasteiger partial charge in [-0.05, 0) is 18.4 Å². The summed E-state index contributed by atoms with van der Waals surface area (Å²) in [5.74, 6) is 0. The third kappa shape index (κ3) is 4.77. The molecule has 0 amide bonds. The minimum Gasteiger partial charge on any atom is -0.0811 e. The van der Waals surface area contributed by atoms with Crippen molar-refractivity contribution in [3.8, 4) is 0 Å². The zero-order chi connectivity index (χ0) is 9.36. The maximum Gasteiger partial charge on any atom is 0.101 e. The van der Waals surface area contributed by atoms with Gasteiger partial charge in [-0.3, -0.25) is 0 Å². The van der Waals surface area contributed by atoms with E-state index in [1.54, 1.807) is 0 Å². The monoisotopic (exact) mass is 174 g/mol. The maximum absolute atomic E-state index is 2.26. The van der Waals surface area contributed by atoms with E-state index in [-0.39, 0.29) is 0 Å². The second kappa shape index (κ2) is 6.76. The van der Waals surface area contributed by atoms with Gasteiger partial charge < -0.3 is 0 Å². The summed E-state index contributed by atoms with van der Waals surface area (Å²) in [5, 5.41) is 0. The number of rotatable bonds is 6. The largest absolute Gasteiger partial charge is 0.101 e. The molecule has 1 aromatic rings. The Bertz CT molecular complexity index is 206. The molecular weight excluding hydrogens is 155 g/mol. The Morgan fingerprint density at radius 1 is 0.846 bits per heavy atom. The highest BCUT2D eigenvalue weighted by atomic mass is 14.0. The molecule has 0 aliphatic rings. The Labute approximate surface area is 82.8 Å². The third-order valence-electron chi connectivity index (χ3n) is 2.41. The Morgan fingerprint density at radius 3 is 2.23 bits per heavy atom. The molecule has 0 saturated carbocycles. The minimum absolute atomic E-state index is 1.25. The zero-order valence-corrected chi connectivity index (χ0v) is 8.63. The molecule has 0 aromatic heterocycles. The lowest BCUT2D eigenvalue weighted by Gasteiger charge is -2.00.